The van der Waals surface area contributed by atoms with Gasteiger partial charge in [0.05, 0.1) is 17.9 Å². The lowest BCUT2D eigenvalue weighted by Gasteiger charge is -2.01. The Kier molecular flexibility index (Phi) is 2.68. The van der Waals surface area contributed by atoms with Crippen molar-refractivity contribution in [2.24, 2.45) is 0 Å². The van der Waals surface area contributed by atoms with Crippen LogP contribution in [-0.4, -0.2) is 14.7 Å². The molecule has 0 fully saturated rings. The highest BCUT2D eigenvalue weighted by atomic mass is 32.1. The second-order valence-corrected chi connectivity index (χ2v) is 3.31. The molecule has 0 bridgehead atoms. The number of hydrogen-bond acceptors (Lipinski definition) is 4. The molecule has 1 amide bonds. The van der Waals surface area contributed by atoms with E-state index in [1.807, 2.05) is 0 Å². The third-order valence-electron chi connectivity index (χ3n) is 1.68. The van der Waals surface area contributed by atoms with Crippen molar-refractivity contribution in [3.63, 3.8) is 0 Å². The minimum atomic E-state index is -0.399. The first-order valence-electron chi connectivity index (χ1n) is 4.10. The van der Waals surface area contributed by atoms with Gasteiger partial charge in [0.1, 0.15) is 5.82 Å². The highest BCUT2D eigenvalue weighted by Crippen LogP contribution is 2.10. The van der Waals surface area contributed by atoms with E-state index in [4.69, 9.17) is 0 Å². The molecule has 0 aliphatic rings. The van der Waals surface area contributed by atoms with Crippen LogP contribution in [0.1, 0.15) is 10.5 Å². The molecule has 0 saturated heterocycles. The van der Waals surface area contributed by atoms with Crippen molar-refractivity contribution in [1.29, 1.82) is 0 Å². The fourth-order valence-electron chi connectivity index (χ4n) is 1.03. The van der Waals surface area contributed by atoms with E-state index in [1.165, 1.54) is 24.4 Å². The summed E-state index contributed by atoms with van der Waals surface area (Å²) in [6.07, 6.45) is 1.36. The third kappa shape index (κ3) is 2.35. The van der Waals surface area contributed by atoms with Crippen LogP contribution in [0.4, 0.5) is 10.1 Å². The van der Waals surface area contributed by atoms with Gasteiger partial charge in [0, 0.05) is 5.69 Å². The van der Waals surface area contributed by atoms with Gasteiger partial charge in [-0.15, -0.1) is 0 Å². The van der Waals surface area contributed by atoms with E-state index in [0.29, 0.717) is 5.69 Å². The lowest BCUT2D eigenvalue weighted by atomic mass is 10.3. The predicted octanol–water partition coefficient (Wildman–Crippen LogP) is 1.93. The quantitative estimate of drug-likeness (QED) is 0.846. The number of anilines is 1. The lowest BCUT2D eigenvalue weighted by Crippen LogP contribution is -2.12. The van der Waals surface area contributed by atoms with Crippen LogP contribution in [-0.2, 0) is 0 Å². The average molecular weight is 223 g/mol. The number of amides is 1. The SMILES string of the molecule is O=C(Nc1cccc(F)c1)c1cnsn1. The average Bonchev–Trinajstić information content (AvgIpc) is 2.70. The molecule has 4 nitrogen and oxygen atoms in total. The zero-order valence-electron chi connectivity index (χ0n) is 7.48. The number of aromatic nitrogens is 2. The van der Waals surface area contributed by atoms with Gasteiger partial charge in [-0.05, 0) is 18.2 Å². The Morgan fingerprint density at radius 2 is 2.33 bits per heavy atom. The maximum absolute atomic E-state index is 12.8. The van der Waals surface area contributed by atoms with Crippen LogP contribution in [0.5, 0.6) is 0 Å². The summed E-state index contributed by atoms with van der Waals surface area (Å²) in [5.74, 6) is -0.793. The lowest BCUT2D eigenvalue weighted by molar-refractivity contribution is 0.102. The minimum Gasteiger partial charge on any atom is -0.320 e. The van der Waals surface area contributed by atoms with E-state index in [9.17, 15) is 9.18 Å². The van der Waals surface area contributed by atoms with Crippen LogP contribution in [0, 0.1) is 5.82 Å². The van der Waals surface area contributed by atoms with Crippen molar-refractivity contribution >= 4 is 23.3 Å². The van der Waals surface area contributed by atoms with Gasteiger partial charge in [0.25, 0.3) is 5.91 Å². The van der Waals surface area contributed by atoms with E-state index < -0.39 is 11.7 Å². The highest BCUT2D eigenvalue weighted by Gasteiger charge is 2.08. The number of nitrogens with zero attached hydrogens (tertiary/aromatic N) is 2. The molecule has 0 radical (unpaired) electrons. The number of benzene rings is 1. The summed E-state index contributed by atoms with van der Waals surface area (Å²) < 4.78 is 20.2. The number of nitrogens with one attached hydrogen (secondary N) is 1. The Morgan fingerprint density at radius 3 is 3.00 bits per heavy atom. The molecule has 1 aromatic carbocycles. The number of hydrogen-bond donors (Lipinski definition) is 1. The summed E-state index contributed by atoms with van der Waals surface area (Å²) in [6.45, 7) is 0. The summed E-state index contributed by atoms with van der Waals surface area (Å²) in [5, 5.41) is 2.51. The van der Waals surface area contributed by atoms with Gasteiger partial charge in [-0.3, -0.25) is 4.79 Å². The van der Waals surface area contributed by atoms with Crippen molar-refractivity contribution < 1.29 is 9.18 Å². The van der Waals surface area contributed by atoms with Gasteiger partial charge in [0.2, 0.25) is 0 Å². The van der Waals surface area contributed by atoms with Crippen LogP contribution in [0.2, 0.25) is 0 Å². The first-order chi connectivity index (χ1) is 7.25. The van der Waals surface area contributed by atoms with Gasteiger partial charge in [-0.1, -0.05) is 6.07 Å². The molecule has 0 aliphatic heterocycles. The molecule has 0 aliphatic carbocycles. The topological polar surface area (TPSA) is 54.9 Å². The minimum absolute atomic E-state index is 0.226. The van der Waals surface area contributed by atoms with Crippen molar-refractivity contribution in [3.8, 4) is 0 Å². The van der Waals surface area contributed by atoms with Crippen molar-refractivity contribution in [2.45, 2.75) is 0 Å². The molecule has 0 spiro atoms. The zero-order valence-corrected chi connectivity index (χ0v) is 8.29. The molecule has 1 N–H and O–H groups in total. The maximum Gasteiger partial charge on any atom is 0.277 e. The van der Waals surface area contributed by atoms with Gasteiger partial charge < -0.3 is 5.32 Å². The van der Waals surface area contributed by atoms with E-state index in [2.05, 4.69) is 14.1 Å². The third-order valence-corrected chi connectivity index (χ3v) is 2.15. The van der Waals surface area contributed by atoms with Crippen LogP contribution in [0.15, 0.2) is 30.5 Å². The van der Waals surface area contributed by atoms with E-state index >= 15 is 0 Å². The van der Waals surface area contributed by atoms with Crippen LogP contribution >= 0.6 is 11.7 Å². The molecule has 15 heavy (non-hydrogen) atoms. The van der Waals surface area contributed by atoms with Crippen LogP contribution < -0.4 is 5.32 Å². The molecule has 1 heterocycles. The molecule has 2 aromatic rings. The van der Waals surface area contributed by atoms with Crippen LogP contribution in [0.3, 0.4) is 0 Å². The van der Waals surface area contributed by atoms with Crippen molar-refractivity contribution in [2.75, 3.05) is 5.32 Å². The first-order valence-corrected chi connectivity index (χ1v) is 4.83. The first kappa shape index (κ1) is 9.72. The second-order valence-electron chi connectivity index (χ2n) is 2.76. The Balaban J connectivity index is 2.13. The number of carbonyl (C=O) groups excluding carboxylic acids is 1. The zero-order chi connectivity index (χ0) is 10.7. The molecule has 2 rings (SSSR count). The van der Waals surface area contributed by atoms with Gasteiger partial charge in [-0.25, -0.2) is 4.39 Å². The second kappa shape index (κ2) is 4.14. The van der Waals surface area contributed by atoms with Gasteiger partial charge >= 0.3 is 0 Å². The van der Waals surface area contributed by atoms with Crippen LogP contribution in [0.25, 0.3) is 0 Å². The molecular weight excluding hydrogens is 217 g/mol. The summed E-state index contributed by atoms with van der Waals surface area (Å²) >= 11 is 0.947. The molecule has 6 heteroatoms. The fraction of sp³-hybridized carbons (Fsp3) is 0. The Bertz CT molecular complexity index is 472. The number of carbonyl (C=O) groups is 1. The Morgan fingerprint density at radius 1 is 1.47 bits per heavy atom. The maximum atomic E-state index is 12.8. The molecule has 0 saturated carbocycles. The smallest absolute Gasteiger partial charge is 0.277 e. The van der Waals surface area contributed by atoms with Gasteiger partial charge in [-0.2, -0.15) is 8.75 Å². The summed E-state index contributed by atoms with van der Waals surface area (Å²) in [6, 6.07) is 5.66. The molecule has 1 aromatic heterocycles. The van der Waals surface area contributed by atoms with E-state index in [-0.39, 0.29) is 5.69 Å². The van der Waals surface area contributed by atoms with E-state index in [1.54, 1.807) is 6.07 Å². The standard InChI is InChI=1S/C9H6FN3OS/c10-6-2-1-3-7(4-6)12-9(14)8-5-11-15-13-8/h1-5H,(H,12,14). The predicted molar refractivity (Wildman–Crippen MR) is 54.3 cm³/mol. The largest absolute Gasteiger partial charge is 0.320 e. The molecule has 0 unspecified atom stereocenters. The Hall–Kier alpha value is -1.82. The Labute approximate surface area is 89.1 Å². The van der Waals surface area contributed by atoms with Crippen molar-refractivity contribution in [1.82, 2.24) is 8.75 Å². The van der Waals surface area contributed by atoms with E-state index in [0.717, 1.165) is 11.7 Å². The van der Waals surface area contributed by atoms with Crippen molar-refractivity contribution in [3.05, 3.63) is 42.0 Å². The fourth-order valence-corrected chi connectivity index (χ4v) is 1.44. The van der Waals surface area contributed by atoms with Gasteiger partial charge in [0.15, 0.2) is 5.69 Å². The summed E-state index contributed by atoms with van der Waals surface area (Å²) in [7, 11) is 0. The summed E-state index contributed by atoms with van der Waals surface area (Å²) in [4.78, 5) is 11.5. The number of rotatable bonds is 2. The normalized spacial score (nSPS) is 9.93. The monoisotopic (exact) mass is 223 g/mol. The molecular formula is C9H6FN3OS. The molecule has 0 atom stereocenters. The number of halogens is 1. The highest BCUT2D eigenvalue weighted by molar-refractivity contribution is 6.99. The molecule has 76 valence electrons. The summed E-state index contributed by atoms with van der Waals surface area (Å²) in [5.41, 5.74) is 0.622.